The minimum Gasteiger partial charge on any atom is -0.384 e. The van der Waals surface area contributed by atoms with Crippen molar-refractivity contribution < 1.29 is 37.5 Å². The molecule has 2 heterocycles. The number of amides is 4. The predicted molar refractivity (Wildman–Crippen MR) is 185 cm³/mol. The van der Waals surface area contributed by atoms with Crippen molar-refractivity contribution in [2.75, 3.05) is 12.8 Å². The average molecular weight is 728 g/mol. The van der Waals surface area contributed by atoms with E-state index in [2.05, 4.69) is 20.9 Å². The number of aromatic nitrogens is 3. The van der Waals surface area contributed by atoms with Crippen LogP contribution in [0.1, 0.15) is 113 Å². The zero-order valence-electron chi connectivity index (χ0n) is 29.5. The second-order valence-corrected chi connectivity index (χ2v) is 16.9. The van der Waals surface area contributed by atoms with Crippen molar-refractivity contribution in [2.45, 2.75) is 125 Å². The van der Waals surface area contributed by atoms with E-state index in [9.17, 15) is 37.5 Å². The summed E-state index contributed by atoms with van der Waals surface area (Å²) in [5.74, 6) is -3.56. The molecule has 2 saturated carbocycles. The standard InChI is InChI=1S/C35H49N7O8S/c1-34(2,48)28-21-42(40-39-28)24-19-27(32(46)38-35(29(43)30(36)44)16-8-5-9-17-35)41(20-24)33(47)26(18-22-10-6-4-7-11-22)37-31(45)23-12-14-25(15-13-23)51(3,49)50/h12-15,21-22,24,26-27,48H,4-11,16-20H2,1-3H3,(H2,36,44)(H,37,45)(H,38,46)/t24-,26?,27-/m0/s1. The fourth-order valence-corrected chi connectivity index (χ4v) is 8.26. The number of Topliss-reactive ketones (excluding diaryl/α,β-unsaturated/α-hetero) is 1. The molecule has 5 N–H and O–H groups in total. The number of carbonyl (C=O) groups excluding carboxylic acids is 5. The Morgan fingerprint density at radius 2 is 1.65 bits per heavy atom. The van der Waals surface area contributed by atoms with Crippen LogP contribution in [0.5, 0.6) is 0 Å². The molecule has 3 atom stereocenters. The van der Waals surface area contributed by atoms with Crippen LogP contribution in [0.2, 0.25) is 0 Å². The van der Waals surface area contributed by atoms with Crippen LogP contribution < -0.4 is 16.4 Å². The van der Waals surface area contributed by atoms with Crippen molar-refractivity contribution in [1.82, 2.24) is 30.5 Å². The summed E-state index contributed by atoms with van der Waals surface area (Å²) in [6, 6.07) is 2.78. The first kappa shape index (κ1) is 38.1. The van der Waals surface area contributed by atoms with Crippen LogP contribution >= 0.6 is 0 Å². The summed E-state index contributed by atoms with van der Waals surface area (Å²) < 4.78 is 25.5. The van der Waals surface area contributed by atoms with E-state index in [-0.39, 0.29) is 42.2 Å². The van der Waals surface area contributed by atoms with Crippen LogP contribution in [-0.2, 0) is 34.6 Å². The highest BCUT2D eigenvalue weighted by Crippen LogP contribution is 2.34. The molecule has 2 aromatic rings. The Balaban J connectivity index is 1.47. The summed E-state index contributed by atoms with van der Waals surface area (Å²) in [7, 11) is -3.49. The van der Waals surface area contributed by atoms with Crippen molar-refractivity contribution in [3.63, 3.8) is 0 Å². The molecule has 0 spiro atoms. The highest BCUT2D eigenvalue weighted by molar-refractivity contribution is 7.90. The number of sulfone groups is 1. The molecule has 0 bridgehead atoms. The van der Waals surface area contributed by atoms with Gasteiger partial charge in [0.2, 0.25) is 17.6 Å². The van der Waals surface area contributed by atoms with Gasteiger partial charge in [-0.15, -0.1) is 5.10 Å². The first-order chi connectivity index (χ1) is 24.0. The molecule has 1 aromatic heterocycles. The van der Waals surface area contributed by atoms with E-state index >= 15 is 0 Å². The lowest BCUT2D eigenvalue weighted by molar-refractivity contribution is -0.145. The molecule has 15 nitrogen and oxygen atoms in total. The topological polar surface area (TPSA) is 224 Å². The Bertz CT molecular complexity index is 1740. The third-order valence-electron chi connectivity index (χ3n) is 10.5. The summed E-state index contributed by atoms with van der Waals surface area (Å²) in [6.45, 7) is 3.14. The number of ketones is 1. The molecule has 3 fully saturated rings. The second kappa shape index (κ2) is 15.2. The zero-order chi connectivity index (χ0) is 37.1. The molecule has 1 aromatic carbocycles. The molecule has 278 valence electrons. The number of rotatable bonds is 12. The molecule has 2 aliphatic carbocycles. The molecule has 3 aliphatic rings. The molecular weight excluding hydrogens is 678 g/mol. The van der Waals surface area contributed by atoms with Crippen molar-refractivity contribution in [2.24, 2.45) is 11.7 Å². The lowest BCUT2D eigenvalue weighted by Crippen LogP contribution is -2.62. The molecule has 1 aliphatic heterocycles. The lowest BCUT2D eigenvalue weighted by Gasteiger charge is -2.38. The quantitative estimate of drug-likeness (QED) is 0.232. The highest BCUT2D eigenvalue weighted by atomic mass is 32.2. The van der Waals surface area contributed by atoms with Crippen LogP contribution in [-0.4, -0.2) is 93.3 Å². The van der Waals surface area contributed by atoms with Crippen LogP contribution in [0.3, 0.4) is 0 Å². The van der Waals surface area contributed by atoms with Crippen LogP contribution in [0, 0.1) is 5.92 Å². The molecule has 1 unspecified atom stereocenters. The second-order valence-electron chi connectivity index (χ2n) is 14.9. The maximum absolute atomic E-state index is 14.7. The Kier molecular flexibility index (Phi) is 11.3. The normalized spacial score (nSPS) is 21.8. The summed E-state index contributed by atoms with van der Waals surface area (Å²) >= 11 is 0. The Labute approximate surface area is 298 Å². The number of nitrogens with two attached hydrogens (primary N) is 1. The number of likely N-dealkylation sites (tertiary alicyclic amines) is 1. The zero-order valence-corrected chi connectivity index (χ0v) is 30.3. The smallest absolute Gasteiger partial charge is 0.287 e. The number of hydrogen-bond donors (Lipinski definition) is 4. The molecule has 0 radical (unpaired) electrons. The fraction of sp³-hybridized carbons (Fsp3) is 0.629. The average Bonchev–Trinajstić information content (AvgIpc) is 3.77. The van der Waals surface area contributed by atoms with Gasteiger partial charge in [0.1, 0.15) is 28.9 Å². The van der Waals surface area contributed by atoms with E-state index < -0.39 is 68.5 Å². The van der Waals surface area contributed by atoms with E-state index in [1.807, 2.05) is 0 Å². The number of nitrogens with zero attached hydrogens (tertiary/aromatic N) is 4. The van der Waals surface area contributed by atoms with Crippen LogP contribution in [0.25, 0.3) is 0 Å². The maximum Gasteiger partial charge on any atom is 0.287 e. The molecule has 51 heavy (non-hydrogen) atoms. The SMILES string of the molecule is CC(C)(O)c1cn([C@H]2C[C@@H](C(=O)NC3(C(=O)C(N)=O)CCCCC3)N(C(=O)C(CC3CCCCC3)NC(=O)c3ccc(S(C)(=O)=O)cc3)C2)nn1. The number of benzene rings is 1. The van der Waals surface area contributed by atoms with E-state index in [0.29, 0.717) is 25.0 Å². The van der Waals surface area contributed by atoms with Crippen molar-refractivity contribution in [1.29, 1.82) is 0 Å². The number of hydrogen-bond acceptors (Lipinski definition) is 10. The van der Waals surface area contributed by atoms with Gasteiger partial charge in [-0.25, -0.2) is 13.1 Å². The van der Waals surface area contributed by atoms with E-state index in [1.165, 1.54) is 33.8 Å². The largest absolute Gasteiger partial charge is 0.384 e. The van der Waals surface area contributed by atoms with E-state index in [4.69, 9.17) is 5.73 Å². The van der Waals surface area contributed by atoms with Gasteiger partial charge < -0.3 is 26.4 Å². The molecule has 4 amide bonds. The first-order valence-electron chi connectivity index (χ1n) is 17.7. The van der Waals surface area contributed by atoms with Gasteiger partial charge in [0.05, 0.1) is 17.1 Å². The number of aliphatic hydroxyl groups is 1. The van der Waals surface area contributed by atoms with Crippen molar-refractivity contribution in [3.05, 3.63) is 41.7 Å². The van der Waals surface area contributed by atoms with Gasteiger partial charge in [0.25, 0.3) is 11.8 Å². The summed E-state index contributed by atoms with van der Waals surface area (Å²) in [5, 5.41) is 24.5. The van der Waals surface area contributed by atoms with Crippen LogP contribution in [0.4, 0.5) is 0 Å². The fourth-order valence-electron chi connectivity index (χ4n) is 7.63. The van der Waals surface area contributed by atoms with Gasteiger partial charge >= 0.3 is 0 Å². The number of carbonyl (C=O) groups is 5. The Morgan fingerprint density at radius 1 is 1.02 bits per heavy atom. The van der Waals surface area contributed by atoms with Gasteiger partial charge in [0, 0.05) is 24.8 Å². The number of nitrogens with one attached hydrogen (secondary N) is 2. The minimum atomic E-state index is -3.49. The first-order valence-corrected chi connectivity index (χ1v) is 19.6. The van der Waals surface area contributed by atoms with Gasteiger partial charge in [0.15, 0.2) is 9.84 Å². The molecule has 5 rings (SSSR count). The molecular formula is C35H49N7O8S. The monoisotopic (exact) mass is 727 g/mol. The van der Waals surface area contributed by atoms with Crippen molar-refractivity contribution in [3.8, 4) is 0 Å². The summed E-state index contributed by atoms with van der Waals surface area (Å²) in [6.07, 6.45) is 10.4. The Hall–Kier alpha value is -4.18. The third-order valence-corrected chi connectivity index (χ3v) is 11.7. The highest BCUT2D eigenvalue weighted by Gasteiger charge is 2.49. The van der Waals surface area contributed by atoms with Crippen molar-refractivity contribution >= 4 is 39.2 Å². The molecule has 1 saturated heterocycles. The summed E-state index contributed by atoms with van der Waals surface area (Å²) in [5.41, 5.74) is 3.12. The molecule has 16 heteroatoms. The van der Waals surface area contributed by atoms with E-state index in [1.54, 1.807) is 20.0 Å². The Morgan fingerprint density at radius 3 is 2.22 bits per heavy atom. The van der Waals surface area contributed by atoms with Gasteiger partial charge in [-0.1, -0.05) is 56.6 Å². The predicted octanol–water partition coefficient (Wildman–Crippen LogP) is 1.69. The summed E-state index contributed by atoms with van der Waals surface area (Å²) in [4.78, 5) is 69.2. The van der Waals surface area contributed by atoms with Gasteiger partial charge in [-0.2, -0.15) is 0 Å². The van der Waals surface area contributed by atoms with E-state index in [0.717, 1.165) is 44.8 Å². The third kappa shape index (κ3) is 8.83. The van der Waals surface area contributed by atoms with Crippen LogP contribution in [0.15, 0.2) is 35.4 Å². The van der Waals surface area contributed by atoms with Gasteiger partial charge in [-0.3, -0.25) is 24.0 Å². The van der Waals surface area contributed by atoms with Gasteiger partial charge in [-0.05, 0) is 63.3 Å². The lowest BCUT2D eigenvalue weighted by atomic mass is 9.78. The minimum absolute atomic E-state index is 0.0163. The maximum atomic E-state index is 14.7. The number of primary amides is 1.